The normalized spacial score (nSPS) is 10.2. The van der Waals surface area contributed by atoms with Gasteiger partial charge in [0.25, 0.3) is 0 Å². The van der Waals surface area contributed by atoms with E-state index in [0.29, 0.717) is 0 Å². The summed E-state index contributed by atoms with van der Waals surface area (Å²) in [5.41, 5.74) is -0.445. The van der Waals surface area contributed by atoms with Crippen LogP contribution in [0, 0.1) is 5.82 Å². The van der Waals surface area contributed by atoms with Crippen molar-refractivity contribution in [3.05, 3.63) is 59.4 Å². The predicted octanol–water partition coefficient (Wildman–Crippen LogP) is 0.220. The standard InChI is InChI=1S/C14H9FO4/c15-12-10(5-2-6-11(12)14(18)19)8-3-1-4-9(7-8)13(16)17/h1-7H,(H,16,17)(H,18,19)/p-2. The van der Waals surface area contributed by atoms with Crippen molar-refractivity contribution in [3.63, 3.8) is 0 Å². The smallest absolute Gasteiger partial charge is 0.140 e. The second-order valence-electron chi connectivity index (χ2n) is 3.82. The van der Waals surface area contributed by atoms with E-state index in [4.69, 9.17) is 0 Å². The first-order valence-electron chi connectivity index (χ1n) is 5.32. The van der Waals surface area contributed by atoms with E-state index in [2.05, 4.69) is 0 Å². The molecule has 0 aliphatic carbocycles. The van der Waals surface area contributed by atoms with E-state index in [-0.39, 0.29) is 16.7 Å². The van der Waals surface area contributed by atoms with Gasteiger partial charge in [0.05, 0.1) is 11.9 Å². The molecular weight excluding hydrogens is 251 g/mol. The molecule has 0 radical (unpaired) electrons. The topological polar surface area (TPSA) is 80.3 Å². The summed E-state index contributed by atoms with van der Waals surface area (Å²) in [7, 11) is 0. The third-order valence-electron chi connectivity index (χ3n) is 2.63. The molecule has 0 aliphatic rings. The molecule has 19 heavy (non-hydrogen) atoms. The van der Waals surface area contributed by atoms with Crippen molar-refractivity contribution in [2.24, 2.45) is 0 Å². The second kappa shape index (κ2) is 4.89. The highest BCUT2D eigenvalue weighted by Gasteiger charge is 2.10. The molecule has 0 heterocycles. The fourth-order valence-electron chi connectivity index (χ4n) is 1.73. The van der Waals surface area contributed by atoms with Crippen LogP contribution in [0.15, 0.2) is 42.5 Å². The largest absolute Gasteiger partial charge is 0.545 e. The lowest BCUT2D eigenvalue weighted by Crippen LogP contribution is -2.23. The van der Waals surface area contributed by atoms with Crippen LogP contribution in [-0.4, -0.2) is 11.9 Å². The van der Waals surface area contributed by atoms with Crippen molar-refractivity contribution in [2.75, 3.05) is 0 Å². The average Bonchev–Trinajstić information content (AvgIpc) is 2.38. The zero-order valence-electron chi connectivity index (χ0n) is 9.55. The van der Waals surface area contributed by atoms with Crippen molar-refractivity contribution in [2.45, 2.75) is 0 Å². The Labute approximate surface area is 107 Å². The third-order valence-corrected chi connectivity index (χ3v) is 2.63. The molecule has 0 unspecified atom stereocenters. The summed E-state index contributed by atoms with van der Waals surface area (Å²) < 4.78 is 14.0. The van der Waals surface area contributed by atoms with Gasteiger partial charge < -0.3 is 19.8 Å². The van der Waals surface area contributed by atoms with Gasteiger partial charge in [0, 0.05) is 11.1 Å². The van der Waals surface area contributed by atoms with Gasteiger partial charge in [-0.1, -0.05) is 36.4 Å². The molecular formula is C14H7FO4-2. The maximum Gasteiger partial charge on any atom is 0.140 e. The van der Waals surface area contributed by atoms with Gasteiger partial charge in [-0.3, -0.25) is 0 Å². The minimum Gasteiger partial charge on any atom is -0.545 e. The Bertz CT molecular complexity index is 664. The number of carbonyl (C=O) groups excluding carboxylic acids is 2. The molecule has 0 bridgehead atoms. The molecule has 0 saturated carbocycles. The molecule has 5 heteroatoms. The van der Waals surface area contributed by atoms with E-state index in [1.54, 1.807) is 0 Å². The van der Waals surface area contributed by atoms with E-state index in [0.717, 1.165) is 6.07 Å². The molecule has 0 aliphatic heterocycles. The summed E-state index contributed by atoms with van der Waals surface area (Å²) in [5.74, 6) is -3.98. The molecule has 0 amide bonds. The molecule has 0 N–H and O–H groups in total. The number of hydrogen-bond acceptors (Lipinski definition) is 4. The summed E-state index contributed by atoms with van der Waals surface area (Å²) in [5, 5.41) is 21.5. The van der Waals surface area contributed by atoms with Gasteiger partial charge in [-0.25, -0.2) is 4.39 Å². The van der Waals surface area contributed by atoms with Crippen LogP contribution in [0.2, 0.25) is 0 Å². The second-order valence-corrected chi connectivity index (χ2v) is 3.82. The zero-order valence-corrected chi connectivity index (χ0v) is 9.55. The van der Waals surface area contributed by atoms with Gasteiger partial charge in [0.2, 0.25) is 0 Å². The van der Waals surface area contributed by atoms with Crippen molar-refractivity contribution >= 4 is 11.9 Å². The van der Waals surface area contributed by atoms with Crippen LogP contribution in [0.4, 0.5) is 4.39 Å². The maximum atomic E-state index is 14.0. The Kier molecular flexibility index (Phi) is 3.29. The molecule has 96 valence electrons. The Balaban J connectivity index is 2.59. The molecule has 0 saturated heterocycles. The molecule has 2 rings (SSSR count). The van der Waals surface area contributed by atoms with Crippen LogP contribution >= 0.6 is 0 Å². The Hall–Kier alpha value is -2.69. The van der Waals surface area contributed by atoms with Crippen LogP contribution < -0.4 is 10.2 Å². The molecule has 2 aromatic rings. The number of carboxylic acid groups (broad SMARTS) is 2. The van der Waals surface area contributed by atoms with Crippen LogP contribution in [0.25, 0.3) is 11.1 Å². The predicted molar refractivity (Wildman–Crippen MR) is 60.5 cm³/mol. The number of carbonyl (C=O) groups is 2. The molecule has 0 fully saturated rings. The number of carboxylic acids is 2. The highest BCUT2D eigenvalue weighted by Crippen LogP contribution is 2.25. The number of benzene rings is 2. The van der Waals surface area contributed by atoms with Crippen molar-refractivity contribution < 1.29 is 24.2 Å². The molecule has 4 nitrogen and oxygen atoms in total. The maximum absolute atomic E-state index is 14.0. The lowest BCUT2D eigenvalue weighted by Gasteiger charge is -2.10. The van der Waals surface area contributed by atoms with Gasteiger partial charge in [0.15, 0.2) is 0 Å². The first-order chi connectivity index (χ1) is 9.00. The van der Waals surface area contributed by atoms with Gasteiger partial charge in [-0.05, 0) is 17.2 Å². The van der Waals surface area contributed by atoms with Crippen LogP contribution in [0.3, 0.4) is 0 Å². The average molecular weight is 258 g/mol. The third kappa shape index (κ3) is 2.44. The van der Waals surface area contributed by atoms with Crippen LogP contribution in [-0.2, 0) is 0 Å². The highest BCUT2D eigenvalue weighted by molar-refractivity contribution is 5.90. The first-order valence-corrected chi connectivity index (χ1v) is 5.32. The molecule has 0 spiro atoms. The first kappa shape index (κ1) is 12.8. The van der Waals surface area contributed by atoms with Gasteiger partial charge in [-0.2, -0.15) is 0 Å². The lowest BCUT2D eigenvalue weighted by molar-refractivity contribution is -0.256. The van der Waals surface area contributed by atoms with Crippen molar-refractivity contribution in [3.8, 4) is 11.1 Å². The Morgan fingerprint density at radius 2 is 1.63 bits per heavy atom. The Morgan fingerprint density at radius 3 is 2.26 bits per heavy atom. The monoisotopic (exact) mass is 258 g/mol. The summed E-state index contributed by atoms with van der Waals surface area (Å²) in [6.45, 7) is 0. The van der Waals surface area contributed by atoms with E-state index in [1.165, 1.54) is 36.4 Å². The van der Waals surface area contributed by atoms with E-state index in [1.807, 2.05) is 0 Å². The minimum atomic E-state index is -1.63. The number of aromatic carboxylic acids is 2. The van der Waals surface area contributed by atoms with Gasteiger partial charge in [-0.15, -0.1) is 0 Å². The summed E-state index contributed by atoms with van der Waals surface area (Å²) in [4.78, 5) is 21.5. The summed E-state index contributed by atoms with van der Waals surface area (Å²) in [6.07, 6.45) is 0. The quantitative estimate of drug-likeness (QED) is 0.788. The fraction of sp³-hybridized carbons (Fsp3) is 0. The number of hydrogen-bond donors (Lipinski definition) is 0. The summed E-state index contributed by atoms with van der Waals surface area (Å²) in [6, 6.07) is 9.21. The molecule has 2 aromatic carbocycles. The fourth-order valence-corrected chi connectivity index (χ4v) is 1.73. The zero-order chi connectivity index (χ0) is 14.0. The lowest BCUT2D eigenvalue weighted by atomic mass is 10.0. The van der Waals surface area contributed by atoms with Crippen molar-refractivity contribution in [1.82, 2.24) is 0 Å². The number of halogens is 1. The van der Waals surface area contributed by atoms with Crippen LogP contribution in [0.5, 0.6) is 0 Å². The molecule has 0 aromatic heterocycles. The molecule has 0 atom stereocenters. The van der Waals surface area contributed by atoms with Gasteiger partial charge >= 0.3 is 0 Å². The van der Waals surface area contributed by atoms with Crippen LogP contribution in [0.1, 0.15) is 20.7 Å². The Morgan fingerprint density at radius 1 is 0.947 bits per heavy atom. The van der Waals surface area contributed by atoms with Crippen molar-refractivity contribution in [1.29, 1.82) is 0 Å². The number of rotatable bonds is 3. The SMILES string of the molecule is O=C([O-])c1cccc(-c2cccc(C(=O)[O-])c2F)c1. The summed E-state index contributed by atoms with van der Waals surface area (Å²) >= 11 is 0. The van der Waals surface area contributed by atoms with Gasteiger partial charge in [0.1, 0.15) is 5.82 Å². The van der Waals surface area contributed by atoms with E-state index >= 15 is 0 Å². The minimum absolute atomic E-state index is 0.00944. The van der Waals surface area contributed by atoms with E-state index in [9.17, 15) is 24.2 Å². The van der Waals surface area contributed by atoms with E-state index < -0.39 is 23.3 Å². The highest BCUT2D eigenvalue weighted by atomic mass is 19.1.